The molecule has 2 bridgehead atoms. The lowest BCUT2D eigenvalue weighted by Gasteiger charge is -2.29. The van der Waals surface area contributed by atoms with Crippen molar-refractivity contribution < 1.29 is 14.3 Å². The van der Waals surface area contributed by atoms with Crippen LogP contribution in [0.4, 0.5) is 0 Å². The highest BCUT2D eigenvalue weighted by atomic mass is 35.5. The van der Waals surface area contributed by atoms with Crippen LogP contribution in [0.5, 0.6) is 0 Å². The number of amides is 1. The Labute approximate surface area is 172 Å². The summed E-state index contributed by atoms with van der Waals surface area (Å²) >= 11 is 6.00. The van der Waals surface area contributed by atoms with E-state index in [4.69, 9.17) is 16.3 Å². The lowest BCUT2D eigenvalue weighted by Crippen LogP contribution is -2.43. The molecule has 3 aliphatic rings. The molecule has 4 rings (SSSR count). The van der Waals surface area contributed by atoms with Crippen molar-refractivity contribution in [1.82, 2.24) is 5.32 Å². The summed E-state index contributed by atoms with van der Waals surface area (Å²) in [5, 5.41) is 3.73. The van der Waals surface area contributed by atoms with E-state index in [9.17, 15) is 9.59 Å². The zero-order valence-corrected chi connectivity index (χ0v) is 17.3. The van der Waals surface area contributed by atoms with Crippen molar-refractivity contribution in [3.63, 3.8) is 0 Å². The number of carbonyl (C=O) groups is 2. The van der Waals surface area contributed by atoms with Crippen LogP contribution in [0.1, 0.15) is 63.9 Å². The molecule has 1 aromatic rings. The van der Waals surface area contributed by atoms with Gasteiger partial charge in [-0.2, -0.15) is 0 Å². The molecule has 1 aromatic carbocycles. The van der Waals surface area contributed by atoms with Gasteiger partial charge in [-0.05, 0) is 74.5 Å². The molecule has 5 heteroatoms. The van der Waals surface area contributed by atoms with E-state index in [1.807, 2.05) is 24.3 Å². The van der Waals surface area contributed by atoms with Gasteiger partial charge in [0.2, 0.25) is 0 Å². The van der Waals surface area contributed by atoms with Crippen LogP contribution in [0, 0.1) is 17.8 Å². The largest absolute Gasteiger partial charge is 0.455 e. The molecule has 4 nitrogen and oxygen atoms in total. The van der Waals surface area contributed by atoms with E-state index in [1.165, 1.54) is 25.7 Å². The summed E-state index contributed by atoms with van der Waals surface area (Å²) in [6.45, 7) is 1.90. The van der Waals surface area contributed by atoms with Crippen LogP contribution in [-0.2, 0) is 19.7 Å². The molecule has 1 amide bonds. The highest BCUT2D eigenvalue weighted by molar-refractivity contribution is 6.30. The van der Waals surface area contributed by atoms with Crippen molar-refractivity contribution >= 4 is 23.5 Å². The SMILES string of the molecule is CC(NC(=O)COC(=O)C1(c2ccc(Cl)cc2)CCCC1)C1CC2CCC1C2. The third kappa shape index (κ3) is 3.80. The standard InChI is InChI=1S/C23H30ClNO3/c1-15(20-13-16-4-5-17(20)12-16)25-21(26)14-28-22(27)23(10-2-3-11-23)18-6-8-19(24)9-7-18/h6-9,15-17,20H,2-5,10-14H2,1H3,(H,25,26). The highest BCUT2D eigenvalue weighted by Gasteiger charge is 2.45. The van der Waals surface area contributed by atoms with Crippen LogP contribution in [0.25, 0.3) is 0 Å². The fraction of sp³-hybridized carbons (Fsp3) is 0.652. The Bertz CT molecular complexity index is 726. The second kappa shape index (κ2) is 8.06. The lowest BCUT2D eigenvalue weighted by atomic mass is 9.79. The van der Waals surface area contributed by atoms with Gasteiger partial charge in [-0.3, -0.25) is 9.59 Å². The third-order valence-electron chi connectivity index (χ3n) is 7.40. The monoisotopic (exact) mass is 403 g/mol. The van der Waals surface area contributed by atoms with Crippen LogP contribution in [0.3, 0.4) is 0 Å². The van der Waals surface area contributed by atoms with Gasteiger partial charge in [0.1, 0.15) is 0 Å². The number of benzene rings is 1. The maximum absolute atomic E-state index is 13.0. The first kappa shape index (κ1) is 19.8. The van der Waals surface area contributed by atoms with Gasteiger partial charge >= 0.3 is 5.97 Å². The highest BCUT2D eigenvalue weighted by Crippen LogP contribution is 2.49. The predicted molar refractivity (Wildman–Crippen MR) is 109 cm³/mol. The summed E-state index contributed by atoms with van der Waals surface area (Å²) in [4.78, 5) is 25.4. The molecule has 152 valence electrons. The number of esters is 1. The number of hydrogen-bond donors (Lipinski definition) is 1. The molecule has 3 saturated carbocycles. The Kier molecular flexibility index (Phi) is 5.69. The fourth-order valence-electron chi connectivity index (χ4n) is 5.94. The fourth-order valence-corrected chi connectivity index (χ4v) is 6.06. The minimum atomic E-state index is -0.638. The Morgan fingerprint density at radius 1 is 1.18 bits per heavy atom. The van der Waals surface area contributed by atoms with Crippen molar-refractivity contribution in [2.24, 2.45) is 17.8 Å². The summed E-state index contributed by atoms with van der Waals surface area (Å²) < 4.78 is 5.52. The van der Waals surface area contributed by atoms with E-state index < -0.39 is 5.41 Å². The molecule has 0 aromatic heterocycles. The topological polar surface area (TPSA) is 55.4 Å². The number of rotatable bonds is 6. The van der Waals surface area contributed by atoms with Crippen LogP contribution in [0.15, 0.2) is 24.3 Å². The molecule has 0 aliphatic heterocycles. The first-order chi connectivity index (χ1) is 13.5. The van der Waals surface area contributed by atoms with Gasteiger partial charge in [0.05, 0.1) is 5.41 Å². The molecule has 28 heavy (non-hydrogen) atoms. The Morgan fingerprint density at radius 3 is 2.50 bits per heavy atom. The van der Waals surface area contributed by atoms with Crippen molar-refractivity contribution in [1.29, 1.82) is 0 Å². The van der Waals surface area contributed by atoms with E-state index in [0.29, 0.717) is 10.9 Å². The summed E-state index contributed by atoms with van der Waals surface area (Å²) in [7, 11) is 0. The molecule has 0 spiro atoms. The molecule has 1 N–H and O–H groups in total. The number of hydrogen-bond acceptors (Lipinski definition) is 3. The van der Waals surface area contributed by atoms with Crippen LogP contribution in [-0.4, -0.2) is 24.5 Å². The maximum Gasteiger partial charge on any atom is 0.317 e. The normalized spacial score (nSPS) is 28.9. The second-order valence-corrected chi connectivity index (χ2v) is 9.50. The van der Waals surface area contributed by atoms with E-state index in [1.54, 1.807) is 0 Å². The minimum Gasteiger partial charge on any atom is -0.455 e. The number of ether oxygens (including phenoxy) is 1. The van der Waals surface area contributed by atoms with E-state index in [2.05, 4.69) is 12.2 Å². The number of halogens is 1. The van der Waals surface area contributed by atoms with Crippen LogP contribution >= 0.6 is 11.6 Å². The molecule has 0 heterocycles. The molecular formula is C23H30ClNO3. The number of fused-ring (bicyclic) bond motifs is 2. The van der Waals surface area contributed by atoms with Crippen molar-refractivity contribution in [3.8, 4) is 0 Å². The second-order valence-electron chi connectivity index (χ2n) is 9.07. The van der Waals surface area contributed by atoms with Gasteiger partial charge in [-0.25, -0.2) is 0 Å². The minimum absolute atomic E-state index is 0.151. The van der Waals surface area contributed by atoms with Crippen LogP contribution < -0.4 is 5.32 Å². The number of nitrogens with one attached hydrogen (secondary N) is 1. The van der Waals surface area contributed by atoms with Gasteiger partial charge in [0.15, 0.2) is 6.61 Å². The summed E-state index contributed by atoms with van der Waals surface area (Å²) in [6, 6.07) is 7.60. The zero-order chi connectivity index (χ0) is 19.7. The van der Waals surface area contributed by atoms with Gasteiger partial charge < -0.3 is 10.1 Å². The van der Waals surface area contributed by atoms with Gasteiger partial charge in [0, 0.05) is 11.1 Å². The van der Waals surface area contributed by atoms with Gasteiger partial charge in [-0.15, -0.1) is 0 Å². The molecule has 4 atom stereocenters. The summed E-state index contributed by atoms with van der Waals surface area (Å²) in [5.74, 6) is 1.72. The number of carbonyl (C=O) groups excluding carboxylic acids is 2. The van der Waals surface area contributed by atoms with E-state index in [0.717, 1.165) is 43.1 Å². The first-order valence-corrected chi connectivity index (χ1v) is 11.1. The quantitative estimate of drug-likeness (QED) is 0.704. The molecule has 0 saturated heterocycles. The van der Waals surface area contributed by atoms with Gasteiger partial charge in [0.25, 0.3) is 5.91 Å². The van der Waals surface area contributed by atoms with E-state index >= 15 is 0 Å². The zero-order valence-electron chi connectivity index (χ0n) is 16.6. The molecular weight excluding hydrogens is 374 g/mol. The first-order valence-electron chi connectivity index (χ1n) is 10.7. The van der Waals surface area contributed by atoms with Crippen LogP contribution in [0.2, 0.25) is 5.02 Å². The Balaban J connectivity index is 1.33. The smallest absolute Gasteiger partial charge is 0.317 e. The maximum atomic E-state index is 13.0. The molecule has 0 radical (unpaired) electrons. The molecule has 4 unspecified atom stereocenters. The Morgan fingerprint density at radius 2 is 1.89 bits per heavy atom. The van der Waals surface area contributed by atoms with Crippen molar-refractivity contribution in [2.75, 3.05) is 6.61 Å². The van der Waals surface area contributed by atoms with Gasteiger partial charge in [-0.1, -0.05) is 43.0 Å². The predicted octanol–water partition coefficient (Wildman–Crippen LogP) is 4.64. The van der Waals surface area contributed by atoms with E-state index in [-0.39, 0.29) is 24.5 Å². The third-order valence-corrected chi connectivity index (χ3v) is 7.65. The average Bonchev–Trinajstić information content (AvgIpc) is 3.43. The molecule has 3 aliphatic carbocycles. The summed E-state index contributed by atoms with van der Waals surface area (Å²) in [6.07, 6.45) is 8.71. The summed E-state index contributed by atoms with van der Waals surface area (Å²) in [5.41, 5.74) is 0.302. The van der Waals surface area contributed by atoms with Crippen molar-refractivity contribution in [2.45, 2.75) is 69.7 Å². The Hall–Kier alpha value is -1.55. The van der Waals surface area contributed by atoms with Crippen molar-refractivity contribution in [3.05, 3.63) is 34.9 Å². The lowest BCUT2D eigenvalue weighted by molar-refractivity contribution is -0.154. The molecule has 3 fully saturated rings. The average molecular weight is 404 g/mol.